The van der Waals surface area contributed by atoms with E-state index in [9.17, 15) is 13.6 Å². The molecular weight excluding hydrogens is 326 g/mol. The highest BCUT2D eigenvalue weighted by Crippen LogP contribution is 2.32. The lowest BCUT2D eigenvalue weighted by molar-refractivity contribution is 0.537. The molecule has 7 heteroatoms. The van der Waals surface area contributed by atoms with E-state index in [0.29, 0.717) is 11.3 Å². The van der Waals surface area contributed by atoms with Gasteiger partial charge < -0.3 is 15.9 Å². The van der Waals surface area contributed by atoms with E-state index in [2.05, 4.69) is 0 Å². The third-order valence-electron chi connectivity index (χ3n) is 3.60. The van der Waals surface area contributed by atoms with Crippen LogP contribution < -0.4 is 16.9 Å². The SMILES string of the molecule is Cc1c(F)c(N)c2c(=O)cc(-c3ccc(N)c(Cl)c3)oc2c1F. The summed E-state index contributed by atoms with van der Waals surface area (Å²) < 4.78 is 33.6. The number of nitrogen functional groups attached to an aromatic ring is 2. The molecule has 4 N–H and O–H groups in total. The highest BCUT2D eigenvalue weighted by atomic mass is 35.5. The highest BCUT2D eigenvalue weighted by Gasteiger charge is 2.20. The third-order valence-corrected chi connectivity index (χ3v) is 3.92. The molecule has 3 aromatic rings. The number of rotatable bonds is 1. The fourth-order valence-corrected chi connectivity index (χ4v) is 2.48. The second-order valence-electron chi connectivity index (χ2n) is 5.08. The molecule has 0 amide bonds. The predicted octanol–water partition coefficient (Wildman–Crippen LogP) is 3.86. The summed E-state index contributed by atoms with van der Waals surface area (Å²) in [7, 11) is 0. The lowest BCUT2D eigenvalue weighted by Gasteiger charge is -2.09. The predicted molar refractivity (Wildman–Crippen MR) is 86.4 cm³/mol. The fraction of sp³-hybridized carbons (Fsp3) is 0.0625. The normalized spacial score (nSPS) is 11.1. The van der Waals surface area contributed by atoms with Crippen molar-refractivity contribution < 1.29 is 13.2 Å². The van der Waals surface area contributed by atoms with Crippen LogP contribution in [-0.4, -0.2) is 0 Å². The lowest BCUT2D eigenvalue weighted by Crippen LogP contribution is -2.09. The molecule has 0 saturated carbocycles. The summed E-state index contributed by atoms with van der Waals surface area (Å²) in [6.45, 7) is 1.22. The van der Waals surface area contributed by atoms with E-state index in [1.54, 1.807) is 6.07 Å². The first-order chi connectivity index (χ1) is 10.8. The monoisotopic (exact) mass is 336 g/mol. The van der Waals surface area contributed by atoms with Crippen LogP contribution in [0.1, 0.15) is 5.56 Å². The number of anilines is 2. The molecule has 4 nitrogen and oxygen atoms in total. The Morgan fingerprint density at radius 1 is 1.13 bits per heavy atom. The maximum absolute atomic E-state index is 14.3. The second kappa shape index (κ2) is 5.24. The van der Waals surface area contributed by atoms with E-state index in [4.69, 9.17) is 27.5 Å². The lowest BCUT2D eigenvalue weighted by atomic mass is 10.1. The van der Waals surface area contributed by atoms with Crippen LogP contribution in [0.25, 0.3) is 22.3 Å². The van der Waals surface area contributed by atoms with Gasteiger partial charge in [-0.25, -0.2) is 8.78 Å². The summed E-state index contributed by atoms with van der Waals surface area (Å²) in [4.78, 5) is 12.2. The van der Waals surface area contributed by atoms with Crippen LogP contribution in [0.15, 0.2) is 33.5 Å². The summed E-state index contributed by atoms with van der Waals surface area (Å²) in [5.41, 5.74) is 10.2. The molecule has 0 aliphatic carbocycles. The van der Waals surface area contributed by atoms with Gasteiger partial charge >= 0.3 is 0 Å². The Hall–Kier alpha value is -2.60. The van der Waals surface area contributed by atoms with E-state index in [0.717, 1.165) is 6.07 Å². The molecule has 3 rings (SSSR count). The first-order valence-corrected chi connectivity index (χ1v) is 6.95. The van der Waals surface area contributed by atoms with Crippen LogP contribution >= 0.6 is 11.6 Å². The molecule has 0 aliphatic heterocycles. The average Bonchev–Trinajstić information content (AvgIpc) is 2.52. The van der Waals surface area contributed by atoms with E-state index in [1.165, 1.54) is 19.1 Å². The van der Waals surface area contributed by atoms with Crippen molar-refractivity contribution in [2.24, 2.45) is 0 Å². The van der Waals surface area contributed by atoms with Gasteiger partial charge in [0.2, 0.25) is 0 Å². The van der Waals surface area contributed by atoms with Crippen molar-refractivity contribution in [3.63, 3.8) is 0 Å². The Labute approximate surface area is 134 Å². The smallest absolute Gasteiger partial charge is 0.195 e. The van der Waals surface area contributed by atoms with Crippen molar-refractivity contribution in [2.45, 2.75) is 6.92 Å². The number of fused-ring (bicyclic) bond motifs is 1. The fourth-order valence-electron chi connectivity index (χ4n) is 2.30. The summed E-state index contributed by atoms with van der Waals surface area (Å²) in [6, 6.07) is 5.69. The molecule has 0 aliphatic rings. The van der Waals surface area contributed by atoms with E-state index < -0.39 is 28.3 Å². The Kier molecular flexibility index (Phi) is 3.49. The Balaban J connectivity index is 2.38. The number of hydrogen-bond acceptors (Lipinski definition) is 4. The van der Waals surface area contributed by atoms with Crippen LogP contribution in [0.5, 0.6) is 0 Å². The number of halogens is 3. The zero-order valence-electron chi connectivity index (χ0n) is 11.9. The zero-order chi connectivity index (χ0) is 16.9. The Bertz CT molecular complexity index is 1020. The minimum absolute atomic E-state index is 0.0775. The van der Waals surface area contributed by atoms with Crippen molar-refractivity contribution in [1.29, 1.82) is 0 Å². The van der Waals surface area contributed by atoms with Gasteiger partial charge in [-0.15, -0.1) is 0 Å². The molecule has 118 valence electrons. The van der Waals surface area contributed by atoms with Crippen molar-refractivity contribution in [1.82, 2.24) is 0 Å². The minimum atomic E-state index is -0.967. The van der Waals surface area contributed by atoms with Crippen LogP contribution in [0.3, 0.4) is 0 Å². The van der Waals surface area contributed by atoms with Gasteiger partial charge in [-0.2, -0.15) is 0 Å². The van der Waals surface area contributed by atoms with Crippen molar-refractivity contribution in [3.8, 4) is 11.3 Å². The summed E-state index contributed by atoms with van der Waals surface area (Å²) in [5, 5.41) is -0.0589. The highest BCUT2D eigenvalue weighted by molar-refractivity contribution is 6.33. The summed E-state index contributed by atoms with van der Waals surface area (Å²) >= 11 is 5.94. The van der Waals surface area contributed by atoms with Crippen LogP contribution in [0, 0.1) is 18.6 Å². The topological polar surface area (TPSA) is 82.2 Å². The molecule has 23 heavy (non-hydrogen) atoms. The quantitative estimate of drug-likeness (QED) is 0.661. The number of benzene rings is 2. The third kappa shape index (κ3) is 2.31. The number of nitrogens with two attached hydrogens (primary N) is 2. The largest absolute Gasteiger partial charge is 0.453 e. The minimum Gasteiger partial charge on any atom is -0.453 e. The van der Waals surface area contributed by atoms with Crippen LogP contribution in [0.4, 0.5) is 20.2 Å². The van der Waals surface area contributed by atoms with Gasteiger partial charge in [0.25, 0.3) is 0 Å². The van der Waals surface area contributed by atoms with Crippen molar-refractivity contribution in [3.05, 3.63) is 56.7 Å². The van der Waals surface area contributed by atoms with Crippen molar-refractivity contribution >= 4 is 33.9 Å². The molecule has 2 aromatic carbocycles. The molecule has 0 unspecified atom stereocenters. The maximum Gasteiger partial charge on any atom is 0.195 e. The van der Waals surface area contributed by atoms with Crippen molar-refractivity contribution in [2.75, 3.05) is 11.5 Å². The average molecular weight is 337 g/mol. The second-order valence-corrected chi connectivity index (χ2v) is 5.49. The molecule has 0 atom stereocenters. The van der Waals surface area contributed by atoms with Gasteiger partial charge in [0.15, 0.2) is 22.6 Å². The van der Waals surface area contributed by atoms with E-state index in [1.807, 2.05) is 0 Å². The van der Waals surface area contributed by atoms with Gasteiger partial charge in [-0.3, -0.25) is 4.79 Å². The van der Waals surface area contributed by atoms with Crippen LogP contribution in [0.2, 0.25) is 5.02 Å². The van der Waals surface area contributed by atoms with E-state index in [-0.39, 0.29) is 21.7 Å². The summed E-state index contributed by atoms with van der Waals surface area (Å²) in [6.07, 6.45) is 0. The molecule has 0 fully saturated rings. The summed E-state index contributed by atoms with van der Waals surface area (Å²) in [5.74, 6) is -1.86. The molecule has 0 saturated heterocycles. The van der Waals surface area contributed by atoms with Crippen LogP contribution in [-0.2, 0) is 0 Å². The molecule has 0 radical (unpaired) electrons. The standard InChI is InChI=1S/C16H11ClF2N2O2/c1-6-13(18)15(21)12-10(22)5-11(23-16(12)14(6)19)7-2-3-9(20)8(17)4-7/h2-5H,20-21H2,1H3. The first-order valence-electron chi connectivity index (χ1n) is 6.57. The maximum atomic E-state index is 14.3. The molecule has 1 aromatic heterocycles. The van der Waals surface area contributed by atoms with Gasteiger partial charge in [-0.05, 0) is 25.1 Å². The van der Waals surface area contributed by atoms with Gasteiger partial charge in [0.1, 0.15) is 5.76 Å². The zero-order valence-corrected chi connectivity index (χ0v) is 12.7. The first kappa shape index (κ1) is 15.3. The van der Waals surface area contributed by atoms with E-state index >= 15 is 0 Å². The Morgan fingerprint density at radius 3 is 2.48 bits per heavy atom. The molecule has 0 spiro atoms. The Morgan fingerprint density at radius 2 is 1.83 bits per heavy atom. The van der Waals surface area contributed by atoms with Gasteiger partial charge in [0, 0.05) is 17.2 Å². The molecule has 1 heterocycles. The van der Waals surface area contributed by atoms with Gasteiger partial charge in [-0.1, -0.05) is 11.6 Å². The molecular formula is C16H11ClF2N2O2. The van der Waals surface area contributed by atoms with Gasteiger partial charge in [0.05, 0.1) is 21.8 Å². The molecule has 0 bridgehead atoms. The number of hydrogen-bond donors (Lipinski definition) is 2.